The number of carbonyl (C=O) groups is 2. The normalized spacial score (nSPS) is 12.2. The predicted octanol–water partition coefficient (Wildman–Crippen LogP) is 4.60. The van der Waals surface area contributed by atoms with Crippen LogP contribution in [0, 0.1) is 12.3 Å². The highest BCUT2D eigenvalue weighted by Crippen LogP contribution is 2.29. The van der Waals surface area contributed by atoms with Gasteiger partial charge in [-0.3, -0.25) is 9.59 Å². The fourth-order valence-electron chi connectivity index (χ4n) is 3.95. The third-order valence-electron chi connectivity index (χ3n) is 6.10. The van der Waals surface area contributed by atoms with E-state index in [2.05, 4.69) is 34.2 Å². The first-order chi connectivity index (χ1) is 17.6. The molecule has 8 nitrogen and oxygen atoms in total. The number of ether oxygens (including phenoxy) is 1. The highest BCUT2D eigenvalue weighted by Gasteiger charge is 2.30. The molecule has 3 aromatic rings. The molecule has 0 bridgehead atoms. The van der Waals surface area contributed by atoms with Crippen molar-refractivity contribution < 1.29 is 19.4 Å². The Kier molecular flexibility index (Phi) is 9.66. The van der Waals surface area contributed by atoms with Crippen molar-refractivity contribution in [3.05, 3.63) is 76.2 Å². The number of rotatable bonds is 12. The van der Waals surface area contributed by atoms with E-state index in [1.807, 2.05) is 32.0 Å². The highest BCUT2D eigenvalue weighted by molar-refractivity contribution is 8.02. The lowest BCUT2D eigenvalue weighted by Crippen LogP contribution is -2.29. The van der Waals surface area contributed by atoms with Crippen LogP contribution in [0.1, 0.15) is 44.1 Å². The first kappa shape index (κ1) is 28.1. The zero-order valence-corrected chi connectivity index (χ0v) is 22.5. The number of allylic oxidation sites excluding steroid dienone is 1. The Morgan fingerprint density at radius 1 is 1.22 bits per heavy atom. The molecule has 196 valence electrons. The van der Waals surface area contributed by atoms with Crippen LogP contribution in [0.15, 0.2) is 59.3 Å². The van der Waals surface area contributed by atoms with Crippen LogP contribution in [-0.4, -0.2) is 44.9 Å². The molecule has 0 radical (unpaired) electrons. The van der Waals surface area contributed by atoms with E-state index in [0.717, 1.165) is 21.2 Å². The average molecular weight is 523 g/mol. The van der Waals surface area contributed by atoms with Gasteiger partial charge in [-0.25, -0.2) is 9.97 Å². The fourth-order valence-corrected chi connectivity index (χ4v) is 4.82. The molecule has 3 N–H and O–H groups in total. The smallest absolute Gasteiger partial charge is 0.312 e. The number of thioether (sulfide) groups is 1. The fraction of sp³-hybridized carbons (Fsp3) is 0.357. The second-order valence-electron chi connectivity index (χ2n) is 9.48. The maximum Gasteiger partial charge on any atom is 0.312 e. The number of hydrogen-bond acceptors (Lipinski definition) is 8. The Balaban J connectivity index is 1.64. The summed E-state index contributed by atoms with van der Waals surface area (Å²) in [5.41, 5.74) is 7.58. The molecule has 1 amide bonds. The lowest BCUT2D eigenvalue weighted by atomic mass is 9.85. The summed E-state index contributed by atoms with van der Waals surface area (Å²) in [7, 11) is 0. The van der Waals surface area contributed by atoms with Crippen molar-refractivity contribution in [1.29, 1.82) is 0 Å². The van der Waals surface area contributed by atoms with E-state index in [-0.39, 0.29) is 25.1 Å². The molecule has 0 saturated carbocycles. The molecular weight excluding hydrogens is 488 g/mol. The van der Waals surface area contributed by atoms with Crippen molar-refractivity contribution in [3.63, 3.8) is 0 Å². The van der Waals surface area contributed by atoms with Gasteiger partial charge in [0.25, 0.3) is 0 Å². The van der Waals surface area contributed by atoms with Crippen LogP contribution in [0.25, 0.3) is 10.8 Å². The number of hydrogen-bond donors (Lipinski definition) is 2. The highest BCUT2D eigenvalue weighted by atomic mass is 32.2. The topological polar surface area (TPSA) is 119 Å². The molecule has 37 heavy (non-hydrogen) atoms. The molecule has 0 fully saturated rings. The molecule has 0 unspecified atom stereocenters. The summed E-state index contributed by atoms with van der Waals surface area (Å²) in [6.45, 7) is 7.34. The zero-order chi connectivity index (χ0) is 27.0. The summed E-state index contributed by atoms with van der Waals surface area (Å²) in [6, 6.07) is 14.3. The van der Waals surface area contributed by atoms with Gasteiger partial charge < -0.3 is 20.5 Å². The van der Waals surface area contributed by atoms with E-state index in [0.29, 0.717) is 42.2 Å². The van der Waals surface area contributed by atoms with Crippen LogP contribution in [-0.2, 0) is 27.3 Å². The molecule has 2 aromatic carbocycles. The molecule has 0 aliphatic heterocycles. The Morgan fingerprint density at radius 3 is 2.62 bits per heavy atom. The Hall–Kier alpha value is -3.43. The number of fused-ring (bicyclic) bond motifs is 1. The van der Waals surface area contributed by atoms with Crippen molar-refractivity contribution >= 4 is 40.7 Å². The van der Waals surface area contributed by atoms with Gasteiger partial charge in [-0.15, -0.1) is 0 Å². The number of esters is 1. The number of benzene rings is 2. The van der Waals surface area contributed by atoms with Crippen LogP contribution in [0.3, 0.4) is 0 Å². The summed E-state index contributed by atoms with van der Waals surface area (Å²) in [5, 5.41) is 11.9. The summed E-state index contributed by atoms with van der Waals surface area (Å²) in [6.07, 6.45) is 3.16. The molecule has 0 atom stereocenters. The maximum absolute atomic E-state index is 12.9. The van der Waals surface area contributed by atoms with Gasteiger partial charge in [0.1, 0.15) is 17.6 Å². The van der Waals surface area contributed by atoms with Gasteiger partial charge in [0, 0.05) is 35.4 Å². The molecule has 0 aliphatic rings. The number of aromatic nitrogens is 2. The summed E-state index contributed by atoms with van der Waals surface area (Å²) in [4.78, 5) is 35.3. The van der Waals surface area contributed by atoms with Crippen molar-refractivity contribution in [2.45, 2.75) is 47.1 Å². The lowest BCUT2D eigenvalue weighted by molar-refractivity contribution is -0.151. The van der Waals surface area contributed by atoms with Crippen LogP contribution < -0.4 is 5.73 Å². The Morgan fingerprint density at radius 2 is 1.95 bits per heavy atom. The van der Waals surface area contributed by atoms with E-state index in [1.54, 1.807) is 20.0 Å². The van der Waals surface area contributed by atoms with Gasteiger partial charge in [-0.2, -0.15) is 0 Å². The van der Waals surface area contributed by atoms with E-state index >= 15 is 0 Å². The Bertz CT molecular complexity index is 1290. The number of nitrogens with two attached hydrogens (primary N) is 1. The monoisotopic (exact) mass is 522 g/mol. The van der Waals surface area contributed by atoms with E-state index in [4.69, 9.17) is 10.5 Å². The largest absolute Gasteiger partial charge is 0.454 e. The standard InChI is InChI=1S/C28H34N4O4S/c1-19(32(17-34)16-24-15-30-20(2)31-26(24)29)25(11-12-33)37-18-36-27(35)28(3,4)14-21-9-10-22-7-5-6-8-23(22)13-21/h5-10,13,15,17,33H,11-12,14,16,18H2,1-4H3,(H2,29,30,31)/b25-19-. The number of carbonyl (C=O) groups excluding carboxylic acids is 2. The Labute approximate surface area is 221 Å². The average Bonchev–Trinajstić information content (AvgIpc) is 2.87. The number of nitrogen functional groups attached to an aromatic ring is 1. The molecule has 0 spiro atoms. The number of nitrogens with zero attached hydrogens (tertiary/aromatic N) is 3. The first-order valence-corrected chi connectivity index (χ1v) is 13.0. The number of aryl methyl sites for hydroxylation is 1. The second kappa shape index (κ2) is 12.7. The third kappa shape index (κ3) is 7.53. The van der Waals surface area contributed by atoms with Crippen LogP contribution in [0.5, 0.6) is 0 Å². The number of amides is 1. The van der Waals surface area contributed by atoms with E-state index in [9.17, 15) is 14.7 Å². The quantitative estimate of drug-likeness (QED) is 0.201. The molecule has 3 rings (SSSR count). The van der Waals surface area contributed by atoms with Gasteiger partial charge in [-0.05, 0) is 50.5 Å². The third-order valence-corrected chi connectivity index (χ3v) is 7.18. The van der Waals surface area contributed by atoms with Gasteiger partial charge in [0.2, 0.25) is 6.41 Å². The minimum Gasteiger partial charge on any atom is -0.454 e. The maximum atomic E-state index is 12.9. The van der Waals surface area contributed by atoms with Gasteiger partial charge in [0.05, 0.1) is 12.0 Å². The summed E-state index contributed by atoms with van der Waals surface area (Å²) in [5.74, 6) is 0.611. The van der Waals surface area contributed by atoms with Gasteiger partial charge in [0.15, 0.2) is 0 Å². The van der Waals surface area contributed by atoms with Crippen LogP contribution >= 0.6 is 11.8 Å². The van der Waals surface area contributed by atoms with Crippen molar-refractivity contribution in [2.24, 2.45) is 5.41 Å². The number of anilines is 1. The molecule has 9 heteroatoms. The van der Waals surface area contributed by atoms with Crippen molar-refractivity contribution in [2.75, 3.05) is 18.3 Å². The van der Waals surface area contributed by atoms with E-state index < -0.39 is 5.41 Å². The second-order valence-corrected chi connectivity index (χ2v) is 10.5. The van der Waals surface area contributed by atoms with Crippen molar-refractivity contribution in [1.82, 2.24) is 14.9 Å². The van der Waals surface area contributed by atoms with E-state index in [1.165, 1.54) is 16.7 Å². The minimum atomic E-state index is -0.725. The van der Waals surface area contributed by atoms with Gasteiger partial charge in [-0.1, -0.05) is 54.2 Å². The van der Waals surface area contributed by atoms with Crippen LogP contribution in [0.2, 0.25) is 0 Å². The van der Waals surface area contributed by atoms with Crippen molar-refractivity contribution in [3.8, 4) is 0 Å². The summed E-state index contributed by atoms with van der Waals surface area (Å²) < 4.78 is 5.62. The first-order valence-electron chi connectivity index (χ1n) is 12.0. The SMILES string of the molecule is C/C(=C(\CCO)SCOC(=O)C(C)(C)Cc1ccc2ccccc2c1)N(C=O)Cc1cnc(C)nc1N. The van der Waals surface area contributed by atoms with Gasteiger partial charge >= 0.3 is 5.97 Å². The molecule has 0 saturated heterocycles. The summed E-state index contributed by atoms with van der Waals surface area (Å²) >= 11 is 1.28. The molecule has 0 aliphatic carbocycles. The number of aliphatic hydroxyl groups is 1. The lowest BCUT2D eigenvalue weighted by Gasteiger charge is -2.24. The van der Waals surface area contributed by atoms with Crippen LogP contribution in [0.4, 0.5) is 5.82 Å². The predicted molar refractivity (Wildman–Crippen MR) is 147 cm³/mol. The zero-order valence-electron chi connectivity index (χ0n) is 21.7. The molecule has 1 heterocycles. The number of aliphatic hydroxyl groups excluding tert-OH is 1. The molecular formula is C28H34N4O4S. The molecule has 1 aromatic heterocycles. The minimum absolute atomic E-state index is 0.0646.